The maximum atomic E-state index is 13.5. The van der Waals surface area contributed by atoms with Crippen LogP contribution in [0.15, 0.2) is 47.8 Å². The Kier molecular flexibility index (Phi) is 9.30. The van der Waals surface area contributed by atoms with Crippen molar-refractivity contribution >= 4 is 35.2 Å². The lowest BCUT2D eigenvalue weighted by atomic mass is 9.92. The number of aromatic nitrogens is 2. The second kappa shape index (κ2) is 12.9. The third-order valence-electron chi connectivity index (χ3n) is 6.50. The Morgan fingerprint density at radius 2 is 1.90 bits per heavy atom. The van der Waals surface area contributed by atoms with E-state index in [1.54, 1.807) is 35.2 Å². The lowest BCUT2D eigenvalue weighted by Gasteiger charge is -2.28. The number of halogens is 2. The molecule has 222 valence electrons. The van der Waals surface area contributed by atoms with Gasteiger partial charge in [-0.2, -0.15) is 8.78 Å². The highest BCUT2D eigenvalue weighted by atomic mass is 32.1. The fraction of sp³-hybridized carbons (Fsp3) is 0.333. The first-order valence-electron chi connectivity index (χ1n) is 12.8. The fourth-order valence-corrected chi connectivity index (χ4v) is 5.53. The molecule has 1 aliphatic heterocycles. The minimum atomic E-state index is -3.28. The number of nitrogens with zero attached hydrogens (tertiary/aromatic N) is 3. The molecule has 3 heterocycles. The predicted molar refractivity (Wildman–Crippen MR) is 146 cm³/mol. The van der Waals surface area contributed by atoms with E-state index in [2.05, 4.69) is 30.9 Å². The van der Waals surface area contributed by atoms with Crippen LogP contribution in [0, 0.1) is 6.92 Å². The lowest BCUT2D eigenvalue weighted by molar-refractivity contribution is -0.127. The normalized spacial score (nSPS) is 16.0. The van der Waals surface area contributed by atoms with Crippen molar-refractivity contribution < 1.29 is 37.8 Å². The summed E-state index contributed by atoms with van der Waals surface area (Å²) in [6, 6.07) is 10.4. The number of benzene rings is 1. The molecule has 15 heteroatoms. The molecule has 0 unspecified atom stereocenters. The molecule has 4 rings (SSSR count). The summed E-state index contributed by atoms with van der Waals surface area (Å²) in [5.41, 5.74) is 3.39. The molecule has 12 nitrogen and oxygen atoms in total. The molecule has 3 aromatic rings. The van der Waals surface area contributed by atoms with Gasteiger partial charge in [-0.25, -0.2) is 14.8 Å². The minimum Gasteiger partial charge on any atom is -0.465 e. The number of nitrogens with one attached hydrogen (secondary N) is 3. The molecule has 0 spiro atoms. The van der Waals surface area contributed by atoms with Gasteiger partial charge in [-0.05, 0) is 38.3 Å². The van der Waals surface area contributed by atoms with E-state index in [-0.39, 0.29) is 18.0 Å². The third-order valence-corrected chi connectivity index (χ3v) is 7.56. The number of hydrazine groups is 1. The van der Waals surface area contributed by atoms with E-state index in [1.165, 1.54) is 18.3 Å². The summed E-state index contributed by atoms with van der Waals surface area (Å²) in [6.07, 6.45) is -0.155. The first-order valence-corrected chi connectivity index (χ1v) is 13.7. The lowest BCUT2D eigenvalue weighted by Crippen LogP contribution is -2.61. The maximum Gasteiger partial charge on any atom is 0.405 e. The molecule has 1 fully saturated rings. The molecule has 42 heavy (non-hydrogen) atoms. The Morgan fingerprint density at radius 1 is 1.17 bits per heavy atom. The van der Waals surface area contributed by atoms with Crippen molar-refractivity contribution in [3.05, 3.63) is 75.4 Å². The number of thiazole rings is 1. The van der Waals surface area contributed by atoms with Crippen molar-refractivity contribution in [2.45, 2.75) is 51.3 Å². The van der Waals surface area contributed by atoms with Crippen molar-refractivity contribution in [1.29, 1.82) is 0 Å². The summed E-state index contributed by atoms with van der Waals surface area (Å²) in [7, 11) is 0. The number of likely N-dealkylation sites (tertiary alicyclic amines) is 1. The first-order chi connectivity index (χ1) is 19.9. The smallest absolute Gasteiger partial charge is 0.405 e. The Balaban J connectivity index is 1.54. The minimum absolute atomic E-state index is 0.0495. The summed E-state index contributed by atoms with van der Waals surface area (Å²) < 4.78 is 30.5. The van der Waals surface area contributed by atoms with Gasteiger partial charge in [0, 0.05) is 35.7 Å². The van der Waals surface area contributed by atoms with Gasteiger partial charge >= 0.3 is 12.7 Å². The zero-order valence-electron chi connectivity index (χ0n) is 22.6. The van der Waals surface area contributed by atoms with E-state index < -0.39 is 47.5 Å². The largest absolute Gasteiger partial charge is 0.465 e. The molecule has 1 aliphatic rings. The van der Waals surface area contributed by atoms with Gasteiger partial charge in [0.25, 0.3) is 17.7 Å². The maximum absolute atomic E-state index is 13.5. The molecular weight excluding hydrogens is 574 g/mol. The van der Waals surface area contributed by atoms with Crippen LogP contribution in [0.2, 0.25) is 0 Å². The van der Waals surface area contributed by atoms with Crippen LogP contribution in [-0.4, -0.2) is 62.5 Å². The number of carbonyl (C=O) groups excluding carboxylic acids is 3. The van der Waals surface area contributed by atoms with Gasteiger partial charge in [-0.15, -0.1) is 11.3 Å². The SMILES string of the molecule is Cc1csc([C@H]2CCCN2C(=O)c2cc(OC(F)F)nc(C(=O)NNC(=O)[C@@](C)(Cc3ccccc3)NC(=O)O)c2)n1. The molecule has 0 aliphatic carbocycles. The number of aryl methyl sites for hydroxylation is 1. The Bertz CT molecular complexity index is 1470. The van der Waals surface area contributed by atoms with Crippen LogP contribution in [0.1, 0.15) is 62.9 Å². The van der Waals surface area contributed by atoms with Crippen molar-refractivity contribution in [1.82, 2.24) is 31.0 Å². The molecule has 0 bridgehead atoms. The highest BCUT2D eigenvalue weighted by molar-refractivity contribution is 7.09. The third kappa shape index (κ3) is 7.34. The molecule has 4 N–H and O–H groups in total. The molecule has 0 radical (unpaired) electrons. The number of carbonyl (C=O) groups is 4. The topological polar surface area (TPSA) is 163 Å². The van der Waals surface area contributed by atoms with Gasteiger partial charge in [0.15, 0.2) is 0 Å². The van der Waals surface area contributed by atoms with E-state index in [0.29, 0.717) is 24.9 Å². The quantitative estimate of drug-likeness (QED) is 0.271. The van der Waals surface area contributed by atoms with Crippen molar-refractivity contribution in [2.75, 3.05) is 6.54 Å². The highest BCUT2D eigenvalue weighted by Gasteiger charge is 2.36. The van der Waals surface area contributed by atoms with Crippen LogP contribution in [0.4, 0.5) is 13.6 Å². The first kappa shape index (κ1) is 30.3. The van der Waals surface area contributed by atoms with Gasteiger partial charge < -0.3 is 20.1 Å². The highest BCUT2D eigenvalue weighted by Crippen LogP contribution is 2.35. The van der Waals surface area contributed by atoms with Gasteiger partial charge in [0.1, 0.15) is 16.2 Å². The number of ether oxygens (including phenoxy) is 1. The van der Waals surface area contributed by atoms with E-state index >= 15 is 0 Å². The second-order valence-corrected chi connectivity index (χ2v) is 10.7. The fourth-order valence-electron chi connectivity index (χ4n) is 4.59. The van der Waals surface area contributed by atoms with E-state index in [4.69, 9.17) is 0 Å². The molecule has 0 saturated carbocycles. The number of alkyl halides is 2. The number of amides is 4. The van der Waals surface area contributed by atoms with Crippen molar-refractivity contribution in [3.8, 4) is 5.88 Å². The monoisotopic (exact) mass is 602 g/mol. The van der Waals surface area contributed by atoms with Crippen molar-refractivity contribution in [3.63, 3.8) is 0 Å². The van der Waals surface area contributed by atoms with Crippen LogP contribution >= 0.6 is 11.3 Å². The zero-order valence-corrected chi connectivity index (χ0v) is 23.4. The van der Waals surface area contributed by atoms with Crippen LogP contribution < -0.4 is 20.9 Å². The molecule has 1 saturated heterocycles. The zero-order chi connectivity index (χ0) is 30.4. The summed E-state index contributed by atoms with van der Waals surface area (Å²) >= 11 is 1.41. The van der Waals surface area contributed by atoms with Crippen molar-refractivity contribution in [2.24, 2.45) is 0 Å². The average molecular weight is 603 g/mol. The second-order valence-electron chi connectivity index (χ2n) is 9.77. The Hall–Kier alpha value is -4.66. The average Bonchev–Trinajstić information content (AvgIpc) is 3.59. The van der Waals surface area contributed by atoms with E-state index in [1.807, 2.05) is 12.3 Å². The number of pyridine rings is 1. The number of hydrogen-bond donors (Lipinski definition) is 4. The molecule has 2 aromatic heterocycles. The summed E-state index contributed by atoms with van der Waals surface area (Å²) in [4.78, 5) is 60.7. The van der Waals surface area contributed by atoms with Crippen LogP contribution in [0.5, 0.6) is 5.88 Å². The number of rotatable bonds is 9. The van der Waals surface area contributed by atoms with Gasteiger partial charge in [0.05, 0.1) is 6.04 Å². The van der Waals surface area contributed by atoms with E-state index in [9.17, 15) is 33.1 Å². The van der Waals surface area contributed by atoms with Gasteiger partial charge in [-0.3, -0.25) is 25.2 Å². The van der Waals surface area contributed by atoms with Gasteiger partial charge in [0.2, 0.25) is 5.88 Å². The van der Waals surface area contributed by atoms with Crippen LogP contribution in [-0.2, 0) is 11.2 Å². The molecule has 2 atom stereocenters. The number of hydrogen-bond acceptors (Lipinski definition) is 8. The van der Waals surface area contributed by atoms with Gasteiger partial charge in [-0.1, -0.05) is 30.3 Å². The summed E-state index contributed by atoms with van der Waals surface area (Å²) in [6.45, 7) is 0.280. The van der Waals surface area contributed by atoms with Crippen LogP contribution in [0.25, 0.3) is 0 Å². The summed E-state index contributed by atoms with van der Waals surface area (Å²) in [5.74, 6) is -3.17. The summed E-state index contributed by atoms with van der Waals surface area (Å²) in [5, 5.41) is 14.1. The van der Waals surface area contributed by atoms with Crippen LogP contribution in [0.3, 0.4) is 0 Å². The Morgan fingerprint density at radius 3 is 2.55 bits per heavy atom. The molecular formula is C27H28F2N6O6S. The standard InChI is InChI=1S/C27H28F2N6O6S/c1-15-14-42-22(30-15)19-9-6-10-35(19)23(37)17-11-18(31-20(12-17)41-25(28)29)21(36)33-34-24(38)27(2,32-26(39)40)13-16-7-4-3-5-8-16/h3-5,7-8,11-12,14,19,25,32H,6,9-10,13H2,1-2H3,(H,33,36)(H,34,38)(H,39,40)/t19-,27-/m1/s1. The Labute approximate surface area is 243 Å². The molecule has 1 aromatic carbocycles. The van der Waals surface area contributed by atoms with E-state index in [0.717, 1.165) is 22.8 Å². The molecule has 4 amide bonds. The number of carboxylic acid groups (broad SMARTS) is 1. The predicted octanol–water partition coefficient (Wildman–Crippen LogP) is 3.46.